The van der Waals surface area contributed by atoms with E-state index in [2.05, 4.69) is 28.7 Å². The molecule has 0 aromatic carbocycles. The minimum atomic E-state index is 0.226. The Bertz CT molecular complexity index is 396. The van der Waals surface area contributed by atoms with Crippen molar-refractivity contribution < 1.29 is 4.74 Å². The molecular weight excluding hydrogens is 216 g/mol. The van der Waals surface area contributed by atoms with Crippen molar-refractivity contribution in [2.45, 2.75) is 39.5 Å². The SMILES string of the molecule is Cc1nc(N2CC(C)OCC2C)ncc1CN. The van der Waals surface area contributed by atoms with E-state index in [9.17, 15) is 0 Å². The highest BCUT2D eigenvalue weighted by molar-refractivity contribution is 5.35. The van der Waals surface area contributed by atoms with Crippen molar-refractivity contribution in [3.05, 3.63) is 17.5 Å². The summed E-state index contributed by atoms with van der Waals surface area (Å²) in [6, 6.07) is 0.314. The lowest BCUT2D eigenvalue weighted by Crippen LogP contribution is -2.48. The van der Waals surface area contributed by atoms with Crippen LogP contribution in [0.15, 0.2) is 6.20 Å². The van der Waals surface area contributed by atoms with Crippen LogP contribution in [-0.4, -0.2) is 35.3 Å². The molecule has 5 heteroatoms. The molecule has 1 aromatic heterocycles. The molecule has 2 N–H and O–H groups in total. The number of aryl methyl sites for hydroxylation is 1. The number of nitrogens with zero attached hydrogens (tertiary/aromatic N) is 3. The van der Waals surface area contributed by atoms with Crippen molar-refractivity contribution in [1.82, 2.24) is 9.97 Å². The molecule has 0 aliphatic carbocycles. The van der Waals surface area contributed by atoms with E-state index in [0.29, 0.717) is 12.6 Å². The predicted molar refractivity (Wildman–Crippen MR) is 66.9 cm³/mol. The van der Waals surface area contributed by atoms with Gasteiger partial charge in [-0.1, -0.05) is 0 Å². The Labute approximate surface area is 102 Å². The normalized spacial score (nSPS) is 25.1. The molecular formula is C12H20N4O. The number of ether oxygens (including phenoxy) is 1. The second kappa shape index (κ2) is 4.98. The van der Waals surface area contributed by atoms with Crippen LogP contribution in [0, 0.1) is 6.92 Å². The molecule has 1 aliphatic rings. The van der Waals surface area contributed by atoms with Crippen LogP contribution < -0.4 is 10.6 Å². The summed E-state index contributed by atoms with van der Waals surface area (Å²) in [4.78, 5) is 11.1. The quantitative estimate of drug-likeness (QED) is 0.825. The van der Waals surface area contributed by atoms with Gasteiger partial charge in [0.1, 0.15) is 0 Å². The average Bonchev–Trinajstić information content (AvgIpc) is 2.32. The highest BCUT2D eigenvalue weighted by atomic mass is 16.5. The number of aromatic nitrogens is 2. The second-order valence-electron chi connectivity index (χ2n) is 4.63. The van der Waals surface area contributed by atoms with Gasteiger partial charge in [0.05, 0.1) is 18.8 Å². The highest BCUT2D eigenvalue weighted by Crippen LogP contribution is 2.18. The fourth-order valence-corrected chi connectivity index (χ4v) is 2.00. The Morgan fingerprint density at radius 2 is 2.29 bits per heavy atom. The molecule has 0 saturated carbocycles. The summed E-state index contributed by atoms with van der Waals surface area (Å²) in [5, 5.41) is 0. The summed E-state index contributed by atoms with van der Waals surface area (Å²) in [7, 11) is 0. The molecule has 0 spiro atoms. The van der Waals surface area contributed by atoms with E-state index in [-0.39, 0.29) is 6.10 Å². The maximum atomic E-state index is 5.61. The van der Waals surface area contributed by atoms with Crippen molar-refractivity contribution >= 4 is 5.95 Å². The third kappa shape index (κ3) is 2.56. The zero-order chi connectivity index (χ0) is 12.4. The third-order valence-electron chi connectivity index (χ3n) is 3.15. The minimum Gasteiger partial charge on any atom is -0.375 e. The van der Waals surface area contributed by atoms with Crippen molar-refractivity contribution in [2.75, 3.05) is 18.1 Å². The first kappa shape index (κ1) is 12.3. The molecule has 2 rings (SSSR count). The van der Waals surface area contributed by atoms with Gasteiger partial charge in [-0.3, -0.25) is 0 Å². The van der Waals surface area contributed by atoms with Gasteiger partial charge in [0.15, 0.2) is 0 Å². The highest BCUT2D eigenvalue weighted by Gasteiger charge is 2.25. The molecule has 1 aliphatic heterocycles. The number of rotatable bonds is 2. The number of hydrogen-bond acceptors (Lipinski definition) is 5. The number of anilines is 1. The van der Waals surface area contributed by atoms with Crippen molar-refractivity contribution in [2.24, 2.45) is 5.73 Å². The van der Waals surface area contributed by atoms with Crippen LogP contribution in [0.2, 0.25) is 0 Å². The van der Waals surface area contributed by atoms with E-state index in [1.807, 2.05) is 13.1 Å². The monoisotopic (exact) mass is 236 g/mol. The van der Waals surface area contributed by atoms with Gasteiger partial charge < -0.3 is 15.4 Å². The Balaban J connectivity index is 2.23. The van der Waals surface area contributed by atoms with E-state index >= 15 is 0 Å². The largest absolute Gasteiger partial charge is 0.375 e. The summed E-state index contributed by atoms with van der Waals surface area (Å²) in [5.74, 6) is 0.780. The average molecular weight is 236 g/mol. The molecule has 0 bridgehead atoms. The lowest BCUT2D eigenvalue weighted by molar-refractivity contribution is 0.0337. The lowest BCUT2D eigenvalue weighted by Gasteiger charge is -2.36. The molecule has 1 fully saturated rings. The van der Waals surface area contributed by atoms with Gasteiger partial charge >= 0.3 is 0 Å². The predicted octanol–water partition coefficient (Wildman–Crippen LogP) is 0.857. The van der Waals surface area contributed by atoms with E-state index in [1.54, 1.807) is 0 Å². The van der Waals surface area contributed by atoms with Crippen LogP contribution in [-0.2, 0) is 11.3 Å². The first-order chi connectivity index (χ1) is 8.11. The first-order valence-electron chi connectivity index (χ1n) is 6.02. The van der Waals surface area contributed by atoms with Gasteiger partial charge in [-0.05, 0) is 20.8 Å². The van der Waals surface area contributed by atoms with Gasteiger partial charge in [0.2, 0.25) is 5.95 Å². The molecule has 1 aromatic rings. The molecule has 2 atom stereocenters. The first-order valence-corrected chi connectivity index (χ1v) is 6.02. The van der Waals surface area contributed by atoms with Crippen molar-refractivity contribution in [3.8, 4) is 0 Å². The maximum Gasteiger partial charge on any atom is 0.225 e. The Morgan fingerprint density at radius 1 is 1.53 bits per heavy atom. The van der Waals surface area contributed by atoms with Crippen molar-refractivity contribution in [1.29, 1.82) is 0 Å². The fourth-order valence-electron chi connectivity index (χ4n) is 2.00. The van der Waals surface area contributed by atoms with E-state index in [4.69, 9.17) is 10.5 Å². The standard InChI is InChI=1S/C12H20N4O/c1-8-7-17-9(2)6-16(8)12-14-5-11(4-13)10(3)15-12/h5,8-9H,4,6-7,13H2,1-3H3. The Kier molecular flexibility index (Phi) is 3.59. The van der Waals surface area contributed by atoms with Crippen LogP contribution in [0.1, 0.15) is 25.1 Å². The number of morpholine rings is 1. The van der Waals surface area contributed by atoms with Crippen LogP contribution in [0.5, 0.6) is 0 Å². The zero-order valence-corrected chi connectivity index (χ0v) is 10.7. The third-order valence-corrected chi connectivity index (χ3v) is 3.15. The van der Waals surface area contributed by atoms with Gasteiger partial charge in [0.25, 0.3) is 0 Å². The summed E-state index contributed by atoms with van der Waals surface area (Å²) >= 11 is 0. The van der Waals surface area contributed by atoms with Crippen LogP contribution in [0.3, 0.4) is 0 Å². The van der Waals surface area contributed by atoms with E-state index < -0.39 is 0 Å². The minimum absolute atomic E-state index is 0.226. The molecule has 5 nitrogen and oxygen atoms in total. The zero-order valence-electron chi connectivity index (χ0n) is 10.7. The molecule has 2 unspecified atom stereocenters. The fraction of sp³-hybridized carbons (Fsp3) is 0.667. The van der Waals surface area contributed by atoms with Crippen LogP contribution in [0.4, 0.5) is 5.95 Å². The summed E-state index contributed by atoms with van der Waals surface area (Å²) < 4.78 is 5.60. The van der Waals surface area contributed by atoms with Gasteiger partial charge in [-0.25, -0.2) is 9.97 Å². The van der Waals surface area contributed by atoms with Gasteiger partial charge in [-0.2, -0.15) is 0 Å². The van der Waals surface area contributed by atoms with E-state index in [0.717, 1.165) is 30.4 Å². The molecule has 0 radical (unpaired) electrons. The maximum absolute atomic E-state index is 5.61. The second-order valence-corrected chi connectivity index (χ2v) is 4.63. The number of hydrogen-bond donors (Lipinski definition) is 1. The van der Waals surface area contributed by atoms with Gasteiger partial charge in [0, 0.05) is 30.5 Å². The van der Waals surface area contributed by atoms with Crippen molar-refractivity contribution in [3.63, 3.8) is 0 Å². The van der Waals surface area contributed by atoms with E-state index in [1.165, 1.54) is 0 Å². The molecule has 17 heavy (non-hydrogen) atoms. The molecule has 0 amide bonds. The summed E-state index contributed by atoms with van der Waals surface area (Å²) in [6.07, 6.45) is 2.05. The summed E-state index contributed by atoms with van der Waals surface area (Å²) in [6.45, 7) is 8.22. The molecule has 2 heterocycles. The topological polar surface area (TPSA) is 64.3 Å². The number of nitrogens with two attached hydrogens (primary N) is 1. The van der Waals surface area contributed by atoms with Gasteiger partial charge in [-0.15, -0.1) is 0 Å². The molecule has 94 valence electrons. The molecule has 1 saturated heterocycles. The Hall–Kier alpha value is -1.20. The smallest absolute Gasteiger partial charge is 0.225 e. The Morgan fingerprint density at radius 3 is 2.94 bits per heavy atom. The van der Waals surface area contributed by atoms with Crippen LogP contribution in [0.25, 0.3) is 0 Å². The lowest BCUT2D eigenvalue weighted by atomic mass is 10.2. The summed E-state index contributed by atoms with van der Waals surface area (Å²) in [5.41, 5.74) is 7.58. The van der Waals surface area contributed by atoms with Crippen LogP contribution >= 0.6 is 0 Å².